The second kappa shape index (κ2) is 7.44. The standard InChI is InChI=1S/C17H20BrNO/c1-2-5-16(18)12-19-17(20)11-13-8-9-14-6-3-4-7-15(14)10-13/h3-4,6-10,16H,2,5,11-12H2,1H3,(H,19,20). The Kier molecular flexibility index (Phi) is 5.60. The quantitative estimate of drug-likeness (QED) is 0.793. The Morgan fingerprint density at radius 2 is 1.95 bits per heavy atom. The predicted octanol–water partition coefficient (Wildman–Crippen LogP) is 4.06. The zero-order valence-corrected chi connectivity index (χ0v) is 13.3. The molecule has 0 radical (unpaired) electrons. The third kappa shape index (κ3) is 4.34. The maximum atomic E-state index is 11.9. The zero-order valence-electron chi connectivity index (χ0n) is 11.7. The van der Waals surface area contributed by atoms with E-state index in [2.05, 4.69) is 52.4 Å². The lowest BCUT2D eigenvalue weighted by molar-refractivity contribution is -0.120. The molecule has 0 fully saturated rings. The minimum atomic E-state index is 0.0841. The molecule has 0 saturated carbocycles. The number of amides is 1. The molecular weight excluding hydrogens is 314 g/mol. The number of hydrogen-bond donors (Lipinski definition) is 1. The van der Waals surface area contributed by atoms with Crippen molar-refractivity contribution in [2.75, 3.05) is 6.54 Å². The van der Waals surface area contributed by atoms with Crippen molar-refractivity contribution >= 4 is 32.6 Å². The second-order valence-corrected chi connectivity index (χ2v) is 6.34. The maximum absolute atomic E-state index is 11.9. The smallest absolute Gasteiger partial charge is 0.224 e. The molecule has 1 N–H and O–H groups in total. The van der Waals surface area contributed by atoms with E-state index in [9.17, 15) is 4.79 Å². The number of benzene rings is 2. The number of carbonyl (C=O) groups excluding carboxylic acids is 1. The van der Waals surface area contributed by atoms with Gasteiger partial charge in [0.2, 0.25) is 5.91 Å². The summed E-state index contributed by atoms with van der Waals surface area (Å²) < 4.78 is 0. The number of fused-ring (bicyclic) bond motifs is 1. The summed E-state index contributed by atoms with van der Waals surface area (Å²) in [5.74, 6) is 0.0841. The normalized spacial score (nSPS) is 12.3. The van der Waals surface area contributed by atoms with Gasteiger partial charge in [0.25, 0.3) is 0 Å². The van der Waals surface area contributed by atoms with Crippen LogP contribution in [-0.4, -0.2) is 17.3 Å². The summed E-state index contributed by atoms with van der Waals surface area (Å²) in [5, 5.41) is 5.37. The lowest BCUT2D eigenvalue weighted by Gasteiger charge is -2.10. The first-order valence-corrected chi connectivity index (χ1v) is 7.99. The van der Waals surface area contributed by atoms with Crippen LogP contribution in [0.5, 0.6) is 0 Å². The minimum Gasteiger partial charge on any atom is -0.355 e. The Morgan fingerprint density at radius 1 is 1.20 bits per heavy atom. The lowest BCUT2D eigenvalue weighted by atomic mass is 10.0. The molecule has 0 spiro atoms. The topological polar surface area (TPSA) is 29.1 Å². The predicted molar refractivity (Wildman–Crippen MR) is 88.3 cm³/mol. The Labute approximate surface area is 128 Å². The van der Waals surface area contributed by atoms with Gasteiger partial charge in [0.05, 0.1) is 6.42 Å². The van der Waals surface area contributed by atoms with Crippen molar-refractivity contribution in [3.8, 4) is 0 Å². The van der Waals surface area contributed by atoms with E-state index in [-0.39, 0.29) is 5.91 Å². The summed E-state index contributed by atoms with van der Waals surface area (Å²) in [4.78, 5) is 12.3. The van der Waals surface area contributed by atoms with Gasteiger partial charge < -0.3 is 5.32 Å². The summed E-state index contributed by atoms with van der Waals surface area (Å²) in [6.45, 7) is 2.84. The van der Waals surface area contributed by atoms with Crippen molar-refractivity contribution in [2.45, 2.75) is 31.0 Å². The fourth-order valence-electron chi connectivity index (χ4n) is 2.24. The van der Waals surface area contributed by atoms with Crippen LogP contribution in [0.3, 0.4) is 0 Å². The maximum Gasteiger partial charge on any atom is 0.224 e. The first kappa shape index (κ1) is 15.0. The molecule has 0 aliphatic rings. The van der Waals surface area contributed by atoms with E-state index in [0.29, 0.717) is 17.8 Å². The van der Waals surface area contributed by atoms with Gasteiger partial charge in [-0.1, -0.05) is 71.7 Å². The molecule has 2 nitrogen and oxygen atoms in total. The van der Waals surface area contributed by atoms with Crippen molar-refractivity contribution in [1.29, 1.82) is 0 Å². The number of halogens is 1. The second-order valence-electron chi connectivity index (χ2n) is 5.05. The van der Waals surface area contributed by atoms with Crippen LogP contribution in [0.2, 0.25) is 0 Å². The summed E-state index contributed by atoms with van der Waals surface area (Å²) >= 11 is 3.57. The first-order chi connectivity index (χ1) is 9.69. The molecule has 0 bridgehead atoms. The first-order valence-electron chi connectivity index (χ1n) is 7.07. The van der Waals surface area contributed by atoms with Crippen molar-refractivity contribution in [2.24, 2.45) is 0 Å². The van der Waals surface area contributed by atoms with Gasteiger partial charge in [-0.05, 0) is 22.8 Å². The van der Waals surface area contributed by atoms with Crippen LogP contribution in [0.15, 0.2) is 42.5 Å². The molecule has 3 heteroatoms. The zero-order chi connectivity index (χ0) is 14.4. The van der Waals surface area contributed by atoms with Gasteiger partial charge in [-0.15, -0.1) is 0 Å². The molecule has 1 atom stereocenters. The van der Waals surface area contributed by atoms with E-state index in [1.54, 1.807) is 0 Å². The van der Waals surface area contributed by atoms with Gasteiger partial charge in [-0.2, -0.15) is 0 Å². The Balaban J connectivity index is 1.92. The largest absolute Gasteiger partial charge is 0.355 e. The van der Waals surface area contributed by atoms with Crippen LogP contribution in [-0.2, 0) is 11.2 Å². The molecule has 106 valence electrons. The van der Waals surface area contributed by atoms with Gasteiger partial charge in [-0.3, -0.25) is 4.79 Å². The highest BCUT2D eigenvalue weighted by atomic mass is 79.9. The van der Waals surface area contributed by atoms with Crippen molar-refractivity contribution in [3.05, 3.63) is 48.0 Å². The number of rotatable bonds is 6. The molecule has 0 heterocycles. The molecule has 2 aromatic rings. The third-order valence-corrected chi connectivity index (χ3v) is 4.08. The fraction of sp³-hybridized carbons (Fsp3) is 0.353. The van der Waals surface area contributed by atoms with E-state index < -0.39 is 0 Å². The Morgan fingerprint density at radius 3 is 2.70 bits per heavy atom. The number of alkyl halides is 1. The average molecular weight is 334 g/mol. The highest BCUT2D eigenvalue weighted by molar-refractivity contribution is 9.09. The van der Waals surface area contributed by atoms with Gasteiger partial charge >= 0.3 is 0 Å². The number of carbonyl (C=O) groups is 1. The number of hydrogen-bond acceptors (Lipinski definition) is 1. The van der Waals surface area contributed by atoms with E-state index in [4.69, 9.17) is 0 Å². The summed E-state index contributed by atoms with van der Waals surface area (Å²) in [6.07, 6.45) is 2.64. The highest BCUT2D eigenvalue weighted by Crippen LogP contribution is 2.16. The minimum absolute atomic E-state index is 0.0841. The van der Waals surface area contributed by atoms with Crippen LogP contribution in [0.4, 0.5) is 0 Å². The van der Waals surface area contributed by atoms with Gasteiger partial charge in [0, 0.05) is 11.4 Å². The van der Waals surface area contributed by atoms with Crippen molar-refractivity contribution in [3.63, 3.8) is 0 Å². The molecule has 20 heavy (non-hydrogen) atoms. The molecule has 2 aromatic carbocycles. The monoisotopic (exact) mass is 333 g/mol. The van der Waals surface area contributed by atoms with E-state index >= 15 is 0 Å². The summed E-state index contributed by atoms with van der Waals surface area (Å²) in [7, 11) is 0. The molecule has 0 aliphatic heterocycles. The number of nitrogens with one attached hydrogen (secondary N) is 1. The molecule has 2 rings (SSSR count). The van der Waals surface area contributed by atoms with Gasteiger partial charge in [0.1, 0.15) is 0 Å². The van der Waals surface area contributed by atoms with Crippen molar-refractivity contribution < 1.29 is 4.79 Å². The molecular formula is C17H20BrNO. The van der Waals surface area contributed by atoms with Crippen LogP contribution < -0.4 is 5.32 Å². The molecule has 0 saturated heterocycles. The van der Waals surface area contributed by atoms with E-state index in [0.717, 1.165) is 18.4 Å². The average Bonchev–Trinajstić information content (AvgIpc) is 2.45. The van der Waals surface area contributed by atoms with Crippen LogP contribution in [0.1, 0.15) is 25.3 Å². The third-order valence-electron chi connectivity index (χ3n) is 3.30. The SMILES string of the molecule is CCCC(Br)CNC(=O)Cc1ccc2ccccc2c1. The Bertz CT molecular complexity index is 582. The van der Waals surface area contributed by atoms with Crippen molar-refractivity contribution in [1.82, 2.24) is 5.32 Å². The molecule has 1 amide bonds. The molecule has 0 aliphatic carbocycles. The van der Waals surface area contributed by atoms with Crippen LogP contribution in [0, 0.1) is 0 Å². The molecule has 0 aromatic heterocycles. The highest BCUT2D eigenvalue weighted by Gasteiger charge is 2.07. The summed E-state index contributed by atoms with van der Waals surface area (Å²) in [5.41, 5.74) is 1.06. The lowest BCUT2D eigenvalue weighted by Crippen LogP contribution is -2.30. The van der Waals surface area contributed by atoms with Gasteiger partial charge in [-0.25, -0.2) is 0 Å². The fourth-order valence-corrected chi connectivity index (χ4v) is 2.86. The van der Waals surface area contributed by atoms with Crippen LogP contribution in [0.25, 0.3) is 10.8 Å². The summed E-state index contributed by atoms with van der Waals surface area (Å²) in [6, 6.07) is 14.4. The van der Waals surface area contributed by atoms with E-state index in [1.807, 2.05) is 18.2 Å². The van der Waals surface area contributed by atoms with Crippen LogP contribution >= 0.6 is 15.9 Å². The van der Waals surface area contributed by atoms with E-state index in [1.165, 1.54) is 10.8 Å². The van der Waals surface area contributed by atoms with Gasteiger partial charge in [0.15, 0.2) is 0 Å². The molecule has 1 unspecified atom stereocenters. The Hall–Kier alpha value is -1.35.